The van der Waals surface area contributed by atoms with Crippen LogP contribution in [0.4, 0.5) is 5.69 Å². The summed E-state index contributed by atoms with van der Waals surface area (Å²) in [5.41, 5.74) is 2.05. The third kappa shape index (κ3) is 3.25. The number of hydrogen-bond acceptors (Lipinski definition) is 3. The number of carbonyl (C=O) groups excluding carboxylic acids is 1. The van der Waals surface area contributed by atoms with E-state index >= 15 is 0 Å². The van der Waals surface area contributed by atoms with Crippen LogP contribution in [0.3, 0.4) is 0 Å². The summed E-state index contributed by atoms with van der Waals surface area (Å²) < 4.78 is 0. The van der Waals surface area contributed by atoms with Gasteiger partial charge in [0.1, 0.15) is 11.5 Å². The van der Waals surface area contributed by atoms with Gasteiger partial charge >= 0.3 is 0 Å². The van der Waals surface area contributed by atoms with Gasteiger partial charge in [-0.05, 0) is 36.8 Å². The molecule has 0 spiro atoms. The lowest BCUT2D eigenvalue weighted by Gasteiger charge is -2.09. The molecular weight excluding hydrogens is 242 g/mol. The molecule has 2 rings (SSSR count). The minimum atomic E-state index is -0.167. The number of phenolic OH excluding ortho intramolecular Hbond substituents is 2. The van der Waals surface area contributed by atoms with Crippen molar-refractivity contribution in [3.63, 3.8) is 0 Å². The third-order valence-electron chi connectivity index (χ3n) is 2.88. The maximum Gasteiger partial charge on any atom is 0.228 e. The van der Waals surface area contributed by atoms with Crippen LogP contribution in [0.1, 0.15) is 11.1 Å². The van der Waals surface area contributed by atoms with E-state index in [4.69, 9.17) is 5.11 Å². The van der Waals surface area contributed by atoms with Gasteiger partial charge in [-0.2, -0.15) is 0 Å². The Morgan fingerprint density at radius 3 is 2.47 bits per heavy atom. The molecule has 0 saturated carbocycles. The zero-order chi connectivity index (χ0) is 13.8. The van der Waals surface area contributed by atoms with Crippen LogP contribution in [0.2, 0.25) is 0 Å². The second-order valence-corrected chi connectivity index (χ2v) is 4.34. The summed E-state index contributed by atoms with van der Waals surface area (Å²) in [6, 6.07) is 11.5. The number of benzene rings is 2. The smallest absolute Gasteiger partial charge is 0.228 e. The van der Waals surface area contributed by atoms with E-state index in [1.165, 1.54) is 0 Å². The van der Waals surface area contributed by atoms with E-state index in [1.54, 1.807) is 49.4 Å². The second kappa shape index (κ2) is 5.44. The van der Waals surface area contributed by atoms with Crippen LogP contribution in [-0.4, -0.2) is 16.1 Å². The summed E-state index contributed by atoms with van der Waals surface area (Å²) in [5.74, 6) is 0.162. The first-order valence-corrected chi connectivity index (χ1v) is 5.92. The normalized spacial score (nSPS) is 10.2. The highest BCUT2D eigenvalue weighted by Crippen LogP contribution is 2.24. The number of hydrogen-bond donors (Lipinski definition) is 3. The van der Waals surface area contributed by atoms with Crippen molar-refractivity contribution in [3.8, 4) is 11.5 Å². The van der Waals surface area contributed by atoms with Gasteiger partial charge in [0, 0.05) is 11.3 Å². The quantitative estimate of drug-likeness (QED) is 0.791. The molecule has 0 aliphatic carbocycles. The maximum absolute atomic E-state index is 11.9. The van der Waals surface area contributed by atoms with Crippen molar-refractivity contribution in [1.82, 2.24) is 0 Å². The van der Waals surface area contributed by atoms with Gasteiger partial charge in [0.05, 0.1) is 6.42 Å². The number of rotatable bonds is 3. The van der Waals surface area contributed by atoms with Crippen LogP contribution < -0.4 is 5.32 Å². The molecule has 98 valence electrons. The van der Waals surface area contributed by atoms with Crippen LogP contribution in [-0.2, 0) is 11.2 Å². The summed E-state index contributed by atoms with van der Waals surface area (Å²) in [7, 11) is 0. The van der Waals surface area contributed by atoms with Gasteiger partial charge in [0.15, 0.2) is 0 Å². The maximum atomic E-state index is 11.9. The van der Waals surface area contributed by atoms with Crippen molar-refractivity contribution in [2.75, 3.05) is 5.32 Å². The fraction of sp³-hybridized carbons (Fsp3) is 0.133. The van der Waals surface area contributed by atoms with Crippen LogP contribution in [0.15, 0.2) is 42.5 Å². The summed E-state index contributed by atoms with van der Waals surface area (Å²) in [5, 5.41) is 21.5. The molecule has 0 bridgehead atoms. The number of carbonyl (C=O) groups is 1. The molecule has 0 saturated heterocycles. The molecule has 2 aromatic rings. The fourth-order valence-electron chi connectivity index (χ4n) is 1.75. The van der Waals surface area contributed by atoms with Gasteiger partial charge in [-0.25, -0.2) is 0 Å². The van der Waals surface area contributed by atoms with E-state index in [0.717, 1.165) is 5.56 Å². The van der Waals surface area contributed by atoms with Gasteiger partial charge in [0.2, 0.25) is 5.91 Å². The van der Waals surface area contributed by atoms with Gasteiger partial charge in [-0.3, -0.25) is 4.79 Å². The topological polar surface area (TPSA) is 69.6 Å². The van der Waals surface area contributed by atoms with Gasteiger partial charge in [0.25, 0.3) is 0 Å². The van der Waals surface area contributed by atoms with Crippen LogP contribution in [0.5, 0.6) is 11.5 Å². The molecule has 0 aliphatic rings. The van der Waals surface area contributed by atoms with Gasteiger partial charge < -0.3 is 15.5 Å². The SMILES string of the molecule is Cc1c(O)cccc1NC(=O)Cc1ccc(O)cc1. The molecule has 0 atom stereocenters. The molecule has 0 radical (unpaired) electrons. The molecule has 4 nitrogen and oxygen atoms in total. The number of amides is 1. The lowest BCUT2D eigenvalue weighted by Crippen LogP contribution is -2.15. The summed E-state index contributed by atoms with van der Waals surface area (Å²) in [6.07, 6.45) is 0.218. The predicted octanol–water partition coefficient (Wildman–Crippen LogP) is 2.59. The fourth-order valence-corrected chi connectivity index (χ4v) is 1.75. The van der Waals surface area contributed by atoms with Crippen molar-refractivity contribution in [3.05, 3.63) is 53.6 Å². The predicted molar refractivity (Wildman–Crippen MR) is 73.3 cm³/mol. The summed E-state index contributed by atoms with van der Waals surface area (Å²) in [4.78, 5) is 11.9. The van der Waals surface area contributed by atoms with Crippen molar-refractivity contribution in [2.45, 2.75) is 13.3 Å². The second-order valence-electron chi connectivity index (χ2n) is 4.34. The average Bonchev–Trinajstić information content (AvgIpc) is 2.38. The lowest BCUT2D eigenvalue weighted by molar-refractivity contribution is -0.115. The largest absolute Gasteiger partial charge is 0.508 e. The third-order valence-corrected chi connectivity index (χ3v) is 2.88. The molecule has 0 unspecified atom stereocenters. The number of phenols is 2. The minimum absolute atomic E-state index is 0.155. The summed E-state index contributed by atoms with van der Waals surface area (Å²) in [6.45, 7) is 1.74. The summed E-state index contributed by atoms with van der Waals surface area (Å²) >= 11 is 0. The van der Waals surface area contributed by atoms with E-state index in [-0.39, 0.29) is 23.8 Å². The minimum Gasteiger partial charge on any atom is -0.508 e. The van der Waals surface area contributed by atoms with Crippen molar-refractivity contribution in [1.29, 1.82) is 0 Å². The van der Waals surface area contributed by atoms with E-state index < -0.39 is 0 Å². The monoisotopic (exact) mass is 257 g/mol. The van der Waals surface area contributed by atoms with E-state index in [0.29, 0.717) is 11.3 Å². The number of anilines is 1. The molecule has 0 fully saturated rings. The Morgan fingerprint density at radius 2 is 1.79 bits per heavy atom. The Morgan fingerprint density at radius 1 is 1.11 bits per heavy atom. The van der Waals surface area contributed by atoms with Crippen LogP contribution in [0.25, 0.3) is 0 Å². The van der Waals surface area contributed by atoms with Crippen molar-refractivity contribution in [2.24, 2.45) is 0 Å². The Hall–Kier alpha value is -2.49. The first-order chi connectivity index (χ1) is 9.06. The first-order valence-electron chi connectivity index (χ1n) is 5.92. The zero-order valence-electron chi connectivity index (χ0n) is 10.6. The standard InChI is InChI=1S/C15H15NO3/c1-10-13(3-2-4-14(10)18)16-15(19)9-11-5-7-12(17)8-6-11/h2-8,17-18H,9H2,1H3,(H,16,19). The van der Waals surface area contributed by atoms with E-state index in [2.05, 4.69) is 5.32 Å². The van der Waals surface area contributed by atoms with Crippen LogP contribution >= 0.6 is 0 Å². The molecule has 0 aromatic heterocycles. The lowest BCUT2D eigenvalue weighted by atomic mass is 10.1. The highest BCUT2D eigenvalue weighted by atomic mass is 16.3. The Balaban J connectivity index is 2.05. The molecule has 0 heterocycles. The van der Waals surface area contributed by atoms with Crippen LogP contribution in [0, 0.1) is 6.92 Å². The molecule has 3 N–H and O–H groups in total. The average molecular weight is 257 g/mol. The van der Waals surface area contributed by atoms with E-state index in [1.807, 2.05) is 0 Å². The molecule has 0 aliphatic heterocycles. The van der Waals surface area contributed by atoms with E-state index in [9.17, 15) is 9.90 Å². The molecule has 2 aromatic carbocycles. The van der Waals surface area contributed by atoms with Crippen molar-refractivity contribution < 1.29 is 15.0 Å². The Kier molecular flexibility index (Phi) is 3.71. The highest BCUT2D eigenvalue weighted by Gasteiger charge is 2.07. The Bertz CT molecular complexity index is 591. The molecule has 1 amide bonds. The zero-order valence-corrected chi connectivity index (χ0v) is 10.6. The van der Waals surface area contributed by atoms with Crippen molar-refractivity contribution >= 4 is 11.6 Å². The molecule has 4 heteroatoms. The molecule has 19 heavy (non-hydrogen) atoms. The first kappa shape index (κ1) is 13.0. The number of aromatic hydroxyl groups is 2. The van der Waals surface area contributed by atoms with Gasteiger partial charge in [-0.1, -0.05) is 18.2 Å². The number of nitrogens with one attached hydrogen (secondary N) is 1. The molecular formula is C15H15NO3. The highest BCUT2D eigenvalue weighted by molar-refractivity contribution is 5.93. The Labute approximate surface area is 111 Å². The van der Waals surface area contributed by atoms with Gasteiger partial charge in [-0.15, -0.1) is 0 Å².